The number of hydrogen-bond acceptors (Lipinski definition) is 6. The van der Waals surface area contributed by atoms with Gasteiger partial charge in [-0.2, -0.15) is 4.98 Å². The Balaban J connectivity index is 2.16. The van der Waals surface area contributed by atoms with Crippen LogP contribution in [-0.4, -0.2) is 38.9 Å². The van der Waals surface area contributed by atoms with Gasteiger partial charge in [-0.25, -0.2) is 0 Å². The summed E-state index contributed by atoms with van der Waals surface area (Å²) in [6, 6.07) is 0. The molecule has 3 heterocycles. The number of ether oxygens (including phenoxy) is 1. The van der Waals surface area contributed by atoms with E-state index in [1.165, 1.54) is 0 Å². The number of fused-ring (bicyclic) bond motifs is 1. The summed E-state index contributed by atoms with van der Waals surface area (Å²) in [7, 11) is 0. The van der Waals surface area contributed by atoms with Crippen LogP contribution in [0, 0.1) is 11.8 Å². The fourth-order valence-corrected chi connectivity index (χ4v) is 2.66. The maximum absolute atomic E-state index is 12.2. The van der Waals surface area contributed by atoms with E-state index in [1.807, 2.05) is 0 Å². The van der Waals surface area contributed by atoms with Crippen LogP contribution in [0.5, 0.6) is 0 Å². The number of nitrogen functional groups attached to an aromatic ring is 1. The van der Waals surface area contributed by atoms with Gasteiger partial charge in [-0.3, -0.25) is 9.78 Å². The topological polar surface area (TPSA) is 132 Å². The number of anilines is 1. The molecular weight excluding hydrogens is 286 g/mol. The highest BCUT2D eigenvalue weighted by Crippen LogP contribution is 2.31. The zero-order valence-electron chi connectivity index (χ0n) is 11.9. The van der Waals surface area contributed by atoms with Gasteiger partial charge in [-0.1, -0.05) is 11.8 Å². The van der Waals surface area contributed by atoms with Gasteiger partial charge in [0, 0.05) is 6.20 Å². The maximum atomic E-state index is 12.2. The van der Waals surface area contributed by atoms with Crippen molar-refractivity contribution in [3.8, 4) is 11.8 Å². The quantitative estimate of drug-likeness (QED) is 0.542. The Morgan fingerprint density at radius 2 is 2.36 bits per heavy atom. The molecule has 3 rings (SSSR count). The van der Waals surface area contributed by atoms with Gasteiger partial charge in [-0.15, -0.1) is 0 Å². The average Bonchev–Trinajstić information content (AvgIpc) is 3.09. The summed E-state index contributed by atoms with van der Waals surface area (Å²) in [5.74, 6) is 5.64. The molecule has 0 saturated carbocycles. The second kappa shape index (κ2) is 5.81. The van der Waals surface area contributed by atoms with Gasteiger partial charge in [0.25, 0.3) is 5.56 Å². The number of nitrogens with zero attached hydrogens (tertiary/aromatic N) is 2. The third kappa shape index (κ3) is 2.46. The van der Waals surface area contributed by atoms with E-state index in [0.717, 1.165) is 6.42 Å². The van der Waals surface area contributed by atoms with Crippen LogP contribution in [0.1, 0.15) is 24.6 Å². The summed E-state index contributed by atoms with van der Waals surface area (Å²) in [6.07, 6.45) is 2.66. The normalized spacial score (nSPS) is 21.0. The van der Waals surface area contributed by atoms with E-state index in [4.69, 9.17) is 16.2 Å². The molecule has 0 spiro atoms. The fourth-order valence-electron chi connectivity index (χ4n) is 2.66. The van der Waals surface area contributed by atoms with Gasteiger partial charge in [0.05, 0.1) is 30.2 Å². The van der Waals surface area contributed by atoms with Gasteiger partial charge < -0.3 is 25.9 Å². The van der Waals surface area contributed by atoms with Crippen molar-refractivity contribution in [1.29, 1.82) is 0 Å². The van der Waals surface area contributed by atoms with E-state index in [0.29, 0.717) is 23.0 Å². The van der Waals surface area contributed by atoms with E-state index in [-0.39, 0.29) is 37.0 Å². The molecule has 2 unspecified atom stereocenters. The van der Waals surface area contributed by atoms with Crippen LogP contribution >= 0.6 is 0 Å². The third-order valence-corrected chi connectivity index (χ3v) is 3.62. The first-order valence-corrected chi connectivity index (χ1v) is 6.99. The third-order valence-electron chi connectivity index (χ3n) is 3.62. The van der Waals surface area contributed by atoms with E-state index < -0.39 is 0 Å². The largest absolute Gasteiger partial charge is 0.394 e. The number of H-pyrrole nitrogens is 1. The molecule has 6 N–H and O–H groups in total. The fraction of sp³-hybridized carbons (Fsp3) is 0.429. The van der Waals surface area contributed by atoms with Crippen molar-refractivity contribution in [2.75, 3.05) is 18.9 Å². The van der Waals surface area contributed by atoms with Crippen molar-refractivity contribution in [1.82, 2.24) is 14.5 Å². The predicted molar refractivity (Wildman–Crippen MR) is 80.9 cm³/mol. The highest BCUT2D eigenvalue weighted by atomic mass is 16.5. The zero-order valence-corrected chi connectivity index (χ0v) is 11.9. The minimum Gasteiger partial charge on any atom is -0.394 e. The monoisotopic (exact) mass is 303 g/mol. The first-order chi connectivity index (χ1) is 10.6. The highest BCUT2D eigenvalue weighted by Gasteiger charge is 2.28. The summed E-state index contributed by atoms with van der Waals surface area (Å²) in [5, 5.41) is 9.56. The first kappa shape index (κ1) is 14.6. The van der Waals surface area contributed by atoms with Crippen molar-refractivity contribution in [2.24, 2.45) is 5.73 Å². The Bertz CT molecular complexity index is 813. The molecule has 8 heteroatoms. The molecule has 22 heavy (non-hydrogen) atoms. The molecule has 0 amide bonds. The van der Waals surface area contributed by atoms with Crippen LogP contribution in [0.15, 0.2) is 11.0 Å². The second-order valence-electron chi connectivity index (χ2n) is 5.08. The first-order valence-electron chi connectivity index (χ1n) is 6.99. The summed E-state index contributed by atoms with van der Waals surface area (Å²) in [5.41, 5.74) is 11.6. The van der Waals surface area contributed by atoms with Crippen LogP contribution in [0.4, 0.5) is 5.95 Å². The van der Waals surface area contributed by atoms with Gasteiger partial charge >= 0.3 is 0 Å². The number of hydrogen-bond donors (Lipinski definition) is 4. The van der Waals surface area contributed by atoms with E-state index in [1.54, 1.807) is 10.8 Å². The van der Waals surface area contributed by atoms with Crippen LogP contribution in [0.3, 0.4) is 0 Å². The molecule has 2 aromatic heterocycles. The number of aromatic amines is 1. The smallest absolute Gasteiger partial charge is 0.263 e. The average molecular weight is 303 g/mol. The Kier molecular flexibility index (Phi) is 3.85. The highest BCUT2D eigenvalue weighted by molar-refractivity contribution is 5.83. The summed E-state index contributed by atoms with van der Waals surface area (Å²) in [6.45, 7) is 0.158. The summed E-state index contributed by atoms with van der Waals surface area (Å²) in [4.78, 5) is 18.8. The lowest BCUT2D eigenvalue weighted by molar-refractivity contribution is -0.0204. The lowest BCUT2D eigenvalue weighted by atomic mass is 10.2. The number of aromatic nitrogens is 3. The molecule has 116 valence electrons. The Hall–Kier alpha value is -2.34. The lowest BCUT2D eigenvalue weighted by Gasteiger charge is -2.14. The van der Waals surface area contributed by atoms with E-state index in [9.17, 15) is 9.90 Å². The summed E-state index contributed by atoms with van der Waals surface area (Å²) >= 11 is 0. The molecule has 2 aromatic rings. The number of aliphatic hydroxyl groups excluding tert-OH is 1. The number of nitrogens with one attached hydrogen (secondary N) is 1. The molecular formula is C14H17N5O3. The lowest BCUT2D eigenvalue weighted by Crippen LogP contribution is -2.16. The van der Waals surface area contributed by atoms with Crippen molar-refractivity contribution < 1.29 is 9.84 Å². The summed E-state index contributed by atoms with van der Waals surface area (Å²) < 4.78 is 7.50. The maximum Gasteiger partial charge on any atom is 0.263 e. The Morgan fingerprint density at radius 3 is 3.05 bits per heavy atom. The molecule has 1 aliphatic rings. The number of nitrogens with two attached hydrogens (primary N) is 2. The second-order valence-corrected chi connectivity index (χ2v) is 5.08. The molecule has 0 aliphatic carbocycles. The van der Waals surface area contributed by atoms with Gasteiger partial charge in [0.2, 0.25) is 5.95 Å². The van der Waals surface area contributed by atoms with Crippen molar-refractivity contribution in [3.05, 3.63) is 22.1 Å². The van der Waals surface area contributed by atoms with Crippen LogP contribution in [0.2, 0.25) is 0 Å². The van der Waals surface area contributed by atoms with E-state index >= 15 is 0 Å². The van der Waals surface area contributed by atoms with E-state index in [2.05, 4.69) is 21.8 Å². The van der Waals surface area contributed by atoms with Crippen LogP contribution in [0.25, 0.3) is 11.0 Å². The Labute approximate surface area is 126 Å². The van der Waals surface area contributed by atoms with Gasteiger partial charge in [0.15, 0.2) is 5.65 Å². The molecule has 0 aromatic carbocycles. The molecule has 1 fully saturated rings. The molecule has 8 nitrogen and oxygen atoms in total. The van der Waals surface area contributed by atoms with Crippen LogP contribution < -0.4 is 17.0 Å². The minimum atomic E-state index is -0.348. The number of aliphatic hydroxyl groups is 1. The van der Waals surface area contributed by atoms with Crippen molar-refractivity contribution in [2.45, 2.75) is 25.2 Å². The van der Waals surface area contributed by atoms with Crippen LogP contribution in [-0.2, 0) is 4.74 Å². The predicted octanol–water partition coefficient (Wildman–Crippen LogP) is -0.713. The van der Waals surface area contributed by atoms with Crippen molar-refractivity contribution >= 4 is 17.0 Å². The standard InChI is InChI=1S/C14H17N5O3/c15-5-1-2-8-6-19(10-4-3-9(7-20)22-10)12-11(8)13(21)18-14(16)17-12/h6,9-10,20H,3-5,7,15H2,(H3,16,17,18,21). The van der Waals surface area contributed by atoms with Gasteiger partial charge in [-0.05, 0) is 12.8 Å². The molecule has 0 bridgehead atoms. The zero-order chi connectivity index (χ0) is 15.7. The minimum absolute atomic E-state index is 0.0342. The Morgan fingerprint density at radius 1 is 1.55 bits per heavy atom. The molecule has 1 saturated heterocycles. The SMILES string of the molecule is NCC#Cc1cn(C2CCC(CO)O2)c2nc(N)[nH]c(=O)c12. The molecule has 2 atom stereocenters. The molecule has 0 radical (unpaired) electrons. The number of rotatable bonds is 2. The van der Waals surface area contributed by atoms with Gasteiger partial charge in [0.1, 0.15) is 6.23 Å². The molecule has 1 aliphatic heterocycles. The van der Waals surface area contributed by atoms with Crippen molar-refractivity contribution in [3.63, 3.8) is 0 Å².